The lowest BCUT2D eigenvalue weighted by Gasteiger charge is -2.31. The van der Waals surface area contributed by atoms with Crippen molar-refractivity contribution in [2.45, 2.75) is 12.2 Å². The van der Waals surface area contributed by atoms with Gasteiger partial charge in [-0.2, -0.15) is 0 Å². The summed E-state index contributed by atoms with van der Waals surface area (Å²) in [6.45, 7) is 0.295. The number of rotatable bonds is 5. The second kappa shape index (κ2) is 9.13. The summed E-state index contributed by atoms with van der Waals surface area (Å²) >= 11 is 0. The van der Waals surface area contributed by atoms with Crippen molar-refractivity contribution in [2.24, 2.45) is 4.99 Å². The molecule has 0 spiro atoms. The Labute approximate surface area is 175 Å². The maximum atomic E-state index is 12.4. The summed E-state index contributed by atoms with van der Waals surface area (Å²) in [6.07, 6.45) is -1.57. The summed E-state index contributed by atoms with van der Waals surface area (Å²) in [5.74, 6) is 1.27. The SMILES string of the molecule is COc1ccc(C2=NCC(OC(=O)Nc3ccccc3)C(c3ccccc3)O2)cc1. The normalized spacial score (nSPS) is 18.0. The van der Waals surface area contributed by atoms with E-state index in [1.54, 1.807) is 19.2 Å². The molecule has 0 radical (unpaired) electrons. The summed E-state index contributed by atoms with van der Waals surface area (Å²) < 4.78 is 17.1. The smallest absolute Gasteiger partial charge is 0.412 e. The topological polar surface area (TPSA) is 69.2 Å². The molecule has 152 valence electrons. The van der Waals surface area contributed by atoms with Crippen LogP contribution in [0, 0.1) is 0 Å². The first-order chi connectivity index (χ1) is 14.7. The molecule has 1 heterocycles. The summed E-state index contributed by atoms with van der Waals surface area (Å²) in [5, 5.41) is 2.74. The Morgan fingerprint density at radius 3 is 2.30 bits per heavy atom. The molecule has 4 rings (SSSR count). The van der Waals surface area contributed by atoms with Crippen molar-refractivity contribution in [1.29, 1.82) is 0 Å². The Hall–Kier alpha value is -3.80. The molecule has 30 heavy (non-hydrogen) atoms. The minimum Gasteiger partial charge on any atom is -0.497 e. The van der Waals surface area contributed by atoms with E-state index in [0.717, 1.165) is 16.9 Å². The first-order valence-electron chi connectivity index (χ1n) is 9.66. The largest absolute Gasteiger partial charge is 0.497 e. The predicted octanol–water partition coefficient (Wildman–Crippen LogP) is 4.83. The van der Waals surface area contributed by atoms with Gasteiger partial charge in [0.2, 0.25) is 5.90 Å². The summed E-state index contributed by atoms with van der Waals surface area (Å²) in [4.78, 5) is 16.9. The number of amides is 1. The molecular formula is C24H22N2O4. The number of nitrogens with zero attached hydrogens (tertiary/aromatic N) is 1. The van der Waals surface area contributed by atoms with Gasteiger partial charge in [-0.25, -0.2) is 9.79 Å². The summed E-state index contributed by atoms with van der Waals surface area (Å²) in [5.41, 5.74) is 2.41. The fourth-order valence-electron chi connectivity index (χ4n) is 3.23. The highest BCUT2D eigenvalue weighted by Gasteiger charge is 2.33. The van der Waals surface area contributed by atoms with Crippen molar-refractivity contribution < 1.29 is 19.0 Å². The molecule has 2 unspecified atom stereocenters. The van der Waals surface area contributed by atoms with Crippen LogP contribution in [0.2, 0.25) is 0 Å². The van der Waals surface area contributed by atoms with Crippen LogP contribution < -0.4 is 10.1 Å². The van der Waals surface area contributed by atoms with Crippen molar-refractivity contribution in [3.05, 3.63) is 96.1 Å². The molecule has 1 aliphatic rings. The molecule has 0 fully saturated rings. The van der Waals surface area contributed by atoms with Crippen LogP contribution in [0.5, 0.6) is 5.75 Å². The number of methoxy groups -OCH3 is 1. The number of hydrogen-bond donors (Lipinski definition) is 1. The lowest BCUT2D eigenvalue weighted by Crippen LogP contribution is -2.37. The Bertz CT molecular complexity index is 1000. The second-order valence-electron chi connectivity index (χ2n) is 6.76. The number of carbonyl (C=O) groups excluding carboxylic acids is 1. The van der Waals surface area contributed by atoms with E-state index in [4.69, 9.17) is 14.2 Å². The zero-order valence-electron chi connectivity index (χ0n) is 16.5. The van der Waals surface area contributed by atoms with E-state index in [2.05, 4.69) is 10.3 Å². The van der Waals surface area contributed by atoms with E-state index in [9.17, 15) is 4.79 Å². The highest BCUT2D eigenvalue weighted by atomic mass is 16.6. The summed E-state index contributed by atoms with van der Waals surface area (Å²) in [7, 11) is 1.62. The maximum absolute atomic E-state index is 12.4. The molecule has 0 bridgehead atoms. The van der Waals surface area contributed by atoms with E-state index < -0.39 is 18.3 Å². The fraction of sp³-hybridized carbons (Fsp3) is 0.167. The molecule has 3 aromatic carbocycles. The number of para-hydroxylation sites is 1. The van der Waals surface area contributed by atoms with Crippen LogP contribution in [0.1, 0.15) is 17.2 Å². The van der Waals surface area contributed by atoms with Crippen LogP contribution >= 0.6 is 0 Å². The Kier molecular flexibility index (Phi) is 5.94. The number of anilines is 1. The molecule has 6 heteroatoms. The zero-order valence-corrected chi connectivity index (χ0v) is 16.5. The van der Waals surface area contributed by atoms with E-state index in [-0.39, 0.29) is 0 Å². The molecule has 1 aliphatic heterocycles. The molecule has 2 atom stereocenters. The first-order valence-corrected chi connectivity index (χ1v) is 9.66. The lowest BCUT2D eigenvalue weighted by atomic mass is 10.0. The molecular weight excluding hydrogens is 380 g/mol. The van der Waals surface area contributed by atoms with Crippen LogP contribution in [0.15, 0.2) is 89.9 Å². The van der Waals surface area contributed by atoms with E-state index in [1.165, 1.54) is 0 Å². The molecule has 6 nitrogen and oxygen atoms in total. The monoisotopic (exact) mass is 402 g/mol. The van der Waals surface area contributed by atoms with E-state index >= 15 is 0 Å². The molecule has 0 saturated carbocycles. The van der Waals surface area contributed by atoms with Crippen LogP contribution in [0.3, 0.4) is 0 Å². The molecule has 0 aliphatic carbocycles. The van der Waals surface area contributed by atoms with Gasteiger partial charge in [-0.1, -0.05) is 48.5 Å². The molecule has 0 aromatic heterocycles. The van der Waals surface area contributed by atoms with Gasteiger partial charge in [0.1, 0.15) is 5.75 Å². The number of hydrogen-bond acceptors (Lipinski definition) is 5. The average Bonchev–Trinajstić information content (AvgIpc) is 2.80. The van der Waals surface area contributed by atoms with Gasteiger partial charge >= 0.3 is 6.09 Å². The van der Waals surface area contributed by atoms with E-state index in [1.807, 2.05) is 72.8 Å². The average molecular weight is 402 g/mol. The Morgan fingerprint density at radius 1 is 0.967 bits per heavy atom. The number of carbonyl (C=O) groups is 1. The van der Waals surface area contributed by atoms with Crippen molar-refractivity contribution in [2.75, 3.05) is 19.0 Å². The van der Waals surface area contributed by atoms with Crippen LogP contribution in [-0.4, -0.2) is 31.7 Å². The Balaban J connectivity index is 1.54. The quantitative estimate of drug-likeness (QED) is 0.664. The third-order valence-electron chi connectivity index (χ3n) is 4.73. The van der Waals surface area contributed by atoms with Gasteiger partial charge in [-0.15, -0.1) is 0 Å². The van der Waals surface area contributed by atoms with E-state index in [0.29, 0.717) is 18.1 Å². The van der Waals surface area contributed by atoms with Gasteiger partial charge in [0, 0.05) is 11.3 Å². The zero-order chi connectivity index (χ0) is 20.8. The second-order valence-corrected chi connectivity index (χ2v) is 6.76. The predicted molar refractivity (Wildman–Crippen MR) is 115 cm³/mol. The minimum atomic E-state index is -0.557. The van der Waals surface area contributed by atoms with Crippen molar-refractivity contribution in [3.8, 4) is 5.75 Å². The highest BCUT2D eigenvalue weighted by Crippen LogP contribution is 2.29. The third-order valence-corrected chi connectivity index (χ3v) is 4.73. The fourth-order valence-corrected chi connectivity index (χ4v) is 3.23. The minimum absolute atomic E-state index is 0.295. The van der Waals surface area contributed by atoms with Gasteiger partial charge in [-0.3, -0.25) is 5.32 Å². The highest BCUT2D eigenvalue weighted by molar-refractivity contribution is 5.95. The lowest BCUT2D eigenvalue weighted by molar-refractivity contribution is 0.00996. The third kappa shape index (κ3) is 4.60. The number of ether oxygens (including phenoxy) is 3. The van der Waals surface area contributed by atoms with Crippen LogP contribution in [0.4, 0.5) is 10.5 Å². The number of aliphatic imine (C=N–C) groups is 1. The van der Waals surface area contributed by atoms with Gasteiger partial charge in [0.15, 0.2) is 12.2 Å². The number of nitrogens with one attached hydrogen (secondary N) is 1. The van der Waals surface area contributed by atoms with Gasteiger partial charge < -0.3 is 14.2 Å². The van der Waals surface area contributed by atoms with Crippen molar-refractivity contribution >= 4 is 17.7 Å². The van der Waals surface area contributed by atoms with Crippen molar-refractivity contribution in [3.63, 3.8) is 0 Å². The first kappa shape index (κ1) is 19.5. The van der Waals surface area contributed by atoms with Gasteiger partial charge in [0.05, 0.1) is 13.7 Å². The van der Waals surface area contributed by atoms with Crippen LogP contribution in [0.25, 0.3) is 0 Å². The Morgan fingerprint density at radius 2 is 1.63 bits per heavy atom. The standard InChI is InChI=1S/C24H22N2O4/c1-28-20-14-12-18(13-15-20)23-25-16-21(22(30-23)17-8-4-2-5-9-17)29-24(27)26-19-10-6-3-7-11-19/h2-15,21-22H,16H2,1H3,(H,26,27). The van der Waals surface area contributed by atoms with Gasteiger partial charge in [-0.05, 0) is 42.0 Å². The van der Waals surface area contributed by atoms with Gasteiger partial charge in [0.25, 0.3) is 0 Å². The van der Waals surface area contributed by atoms with Crippen LogP contribution in [-0.2, 0) is 9.47 Å². The summed E-state index contributed by atoms with van der Waals surface area (Å²) in [6, 6.07) is 26.4. The molecule has 3 aromatic rings. The number of benzene rings is 3. The van der Waals surface area contributed by atoms with Crippen molar-refractivity contribution in [1.82, 2.24) is 0 Å². The molecule has 0 saturated heterocycles. The molecule has 1 amide bonds. The maximum Gasteiger partial charge on any atom is 0.412 e. The molecule has 1 N–H and O–H groups in total.